The lowest BCUT2D eigenvalue weighted by Gasteiger charge is -2.05. The van der Waals surface area contributed by atoms with E-state index in [1.54, 1.807) is 6.07 Å². The fourth-order valence-corrected chi connectivity index (χ4v) is 2.63. The molecule has 5 heteroatoms. The van der Waals surface area contributed by atoms with Crippen LogP contribution in [0.4, 0.5) is 14.5 Å². The standard InChI is InChI=1S/C13H11F2NOS/c14-10-4-6-11(7-5-10)18(17)8-9-2-1-3-12(16)13(9)15/h1-7H,8,16H2. The molecule has 0 amide bonds. The van der Waals surface area contributed by atoms with Crippen molar-refractivity contribution in [2.45, 2.75) is 10.6 Å². The third kappa shape index (κ3) is 2.73. The Morgan fingerprint density at radius 2 is 1.72 bits per heavy atom. The highest BCUT2D eigenvalue weighted by atomic mass is 32.2. The SMILES string of the molecule is Nc1cccc(CS(=O)c2ccc(F)cc2)c1F. The van der Waals surface area contributed by atoms with Crippen molar-refractivity contribution in [3.8, 4) is 0 Å². The Bertz CT molecular complexity index is 584. The highest BCUT2D eigenvalue weighted by Gasteiger charge is 2.10. The lowest BCUT2D eigenvalue weighted by atomic mass is 10.2. The maximum Gasteiger partial charge on any atom is 0.150 e. The van der Waals surface area contributed by atoms with Crippen LogP contribution >= 0.6 is 0 Å². The summed E-state index contributed by atoms with van der Waals surface area (Å²) in [6, 6.07) is 9.89. The Hall–Kier alpha value is -1.75. The van der Waals surface area contributed by atoms with Crippen LogP contribution in [0.25, 0.3) is 0 Å². The van der Waals surface area contributed by atoms with E-state index in [1.807, 2.05) is 0 Å². The van der Waals surface area contributed by atoms with E-state index in [2.05, 4.69) is 0 Å². The summed E-state index contributed by atoms with van der Waals surface area (Å²) in [7, 11) is -1.42. The van der Waals surface area contributed by atoms with Crippen molar-refractivity contribution < 1.29 is 13.0 Å². The van der Waals surface area contributed by atoms with Crippen LogP contribution in [0.15, 0.2) is 47.4 Å². The summed E-state index contributed by atoms with van der Waals surface area (Å²) in [5, 5.41) is 0. The van der Waals surface area contributed by atoms with Gasteiger partial charge in [-0.05, 0) is 30.3 Å². The molecule has 0 spiro atoms. The summed E-state index contributed by atoms with van der Waals surface area (Å²) < 4.78 is 38.3. The maximum absolute atomic E-state index is 13.6. The van der Waals surface area contributed by atoms with E-state index in [1.165, 1.54) is 36.4 Å². The second-order valence-corrected chi connectivity index (χ2v) is 5.22. The lowest BCUT2D eigenvalue weighted by molar-refractivity contribution is 0.619. The molecular weight excluding hydrogens is 256 g/mol. The number of nitrogens with two attached hydrogens (primary N) is 1. The van der Waals surface area contributed by atoms with Crippen molar-refractivity contribution in [2.24, 2.45) is 0 Å². The Kier molecular flexibility index (Phi) is 3.72. The molecule has 0 aliphatic carbocycles. The first-order valence-electron chi connectivity index (χ1n) is 5.25. The van der Waals surface area contributed by atoms with Crippen molar-refractivity contribution in [1.82, 2.24) is 0 Å². The van der Waals surface area contributed by atoms with Crippen LogP contribution in [0.2, 0.25) is 0 Å². The van der Waals surface area contributed by atoms with Crippen molar-refractivity contribution in [3.63, 3.8) is 0 Å². The number of rotatable bonds is 3. The predicted octanol–water partition coefficient (Wildman–Crippen LogP) is 2.85. The summed E-state index contributed by atoms with van der Waals surface area (Å²) in [5.41, 5.74) is 5.75. The Morgan fingerprint density at radius 1 is 1.06 bits per heavy atom. The van der Waals surface area contributed by atoms with E-state index < -0.39 is 22.4 Å². The summed E-state index contributed by atoms with van der Waals surface area (Å²) in [6.07, 6.45) is 0. The molecular formula is C13H11F2NOS. The third-order valence-electron chi connectivity index (χ3n) is 2.47. The number of benzene rings is 2. The molecule has 0 heterocycles. The Morgan fingerprint density at radius 3 is 2.39 bits per heavy atom. The monoisotopic (exact) mass is 267 g/mol. The van der Waals surface area contributed by atoms with Crippen molar-refractivity contribution >= 4 is 16.5 Å². The summed E-state index contributed by atoms with van der Waals surface area (Å²) >= 11 is 0. The fraction of sp³-hybridized carbons (Fsp3) is 0.0769. The molecule has 0 saturated heterocycles. The van der Waals surface area contributed by atoms with Gasteiger partial charge in [-0.3, -0.25) is 4.21 Å². The Labute approximate surface area is 106 Å². The molecule has 94 valence electrons. The van der Waals surface area contributed by atoms with Gasteiger partial charge >= 0.3 is 0 Å². The molecule has 2 nitrogen and oxygen atoms in total. The normalized spacial score (nSPS) is 12.3. The number of hydrogen-bond donors (Lipinski definition) is 1. The van der Waals surface area contributed by atoms with Crippen molar-refractivity contribution in [2.75, 3.05) is 5.73 Å². The third-order valence-corrected chi connectivity index (χ3v) is 3.84. The van der Waals surface area contributed by atoms with E-state index in [0.717, 1.165) is 0 Å². The van der Waals surface area contributed by atoms with Gasteiger partial charge in [0.1, 0.15) is 11.6 Å². The smallest absolute Gasteiger partial charge is 0.150 e. The minimum absolute atomic E-state index is 0.0164. The fourth-order valence-electron chi connectivity index (χ4n) is 1.52. The summed E-state index contributed by atoms with van der Waals surface area (Å²) in [5.74, 6) is -0.929. The zero-order chi connectivity index (χ0) is 13.1. The number of halogens is 2. The first kappa shape index (κ1) is 12.7. The van der Waals surface area contributed by atoms with Gasteiger partial charge < -0.3 is 5.73 Å². The van der Waals surface area contributed by atoms with E-state index >= 15 is 0 Å². The summed E-state index contributed by atoms with van der Waals surface area (Å²) in [4.78, 5) is 0.457. The second-order valence-electron chi connectivity index (χ2n) is 3.76. The molecule has 0 bridgehead atoms. The molecule has 2 aromatic carbocycles. The van der Waals surface area contributed by atoms with Gasteiger partial charge in [-0.25, -0.2) is 8.78 Å². The number of hydrogen-bond acceptors (Lipinski definition) is 2. The molecule has 18 heavy (non-hydrogen) atoms. The van der Waals surface area contributed by atoms with Gasteiger partial charge in [0.2, 0.25) is 0 Å². The lowest BCUT2D eigenvalue weighted by Crippen LogP contribution is -2.01. The van der Waals surface area contributed by atoms with E-state index in [9.17, 15) is 13.0 Å². The van der Waals surface area contributed by atoms with Gasteiger partial charge in [0.15, 0.2) is 0 Å². The number of anilines is 1. The van der Waals surface area contributed by atoms with Crippen LogP contribution in [0.3, 0.4) is 0 Å². The minimum atomic E-state index is -1.42. The zero-order valence-corrected chi connectivity index (χ0v) is 10.2. The van der Waals surface area contributed by atoms with E-state index in [0.29, 0.717) is 4.90 Å². The van der Waals surface area contributed by atoms with Gasteiger partial charge in [-0.15, -0.1) is 0 Å². The molecule has 1 unspecified atom stereocenters. The largest absolute Gasteiger partial charge is 0.396 e. The minimum Gasteiger partial charge on any atom is -0.396 e. The van der Waals surface area contributed by atoms with Crippen LogP contribution in [0, 0.1) is 11.6 Å². The number of nitrogen functional groups attached to an aromatic ring is 1. The van der Waals surface area contributed by atoms with Crippen LogP contribution in [-0.4, -0.2) is 4.21 Å². The first-order chi connectivity index (χ1) is 8.58. The summed E-state index contributed by atoms with van der Waals surface area (Å²) in [6.45, 7) is 0. The van der Waals surface area contributed by atoms with Gasteiger partial charge in [-0.2, -0.15) is 0 Å². The van der Waals surface area contributed by atoms with E-state index in [4.69, 9.17) is 5.73 Å². The van der Waals surface area contributed by atoms with Crippen LogP contribution in [-0.2, 0) is 16.6 Å². The van der Waals surface area contributed by atoms with Crippen molar-refractivity contribution in [3.05, 3.63) is 59.7 Å². The molecule has 0 radical (unpaired) electrons. The average Bonchev–Trinajstić information content (AvgIpc) is 2.36. The Balaban J connectivity index is 2.21. The predicted molar refractivity (Wildman–Crippen MR) is 67.3 cm³/mol. The van der Waals surface area contributed by atoms with Crippen LogP contribution in [0.5, 0.6) is 0 Å². The highest BCUT2D eigenvalue weighted by molar-refractivity contribution is 7.84. The first-order valence-corrected chi connectivity index (χ1v) is 6.56. The molecule has 2 rings (SSSR count). The molecule has 2 aromatic rings. The molecule has 0 aromatic heterocycles. The molecule has 0 saturated carbocycles. The van der Waals surface area contributed by atoms with Gasteiger partial charge in [0, 0.05) is 10.5 Å². The van der Waals surface area contributed by atoms with Crippen molar-refractivity contribution in [1.29, 1.82) is 0 Å². The molecule has 2 N–H and O–H groups in total. The molecule has 1 atom stereocenters. The van der Waals surface area contributed by atoms with Crippen LogP contribution < -0.4 is 5.73 Å². The average molecular weight is 267 g/mol. The second kappa shape index (κ2) is 5.27. The highest BCUT2D eigenvalue weighted by Crippen LogP contribution is 2.19. The quantitative estimate of drug-likeness (QED) is 0.869. The topological polar surface area (TPSA) is 43.1 Å². The van der Waals surface area contributed by atoms with E-state index in [-0.39, 0.29) is 17.0 Å². The zero-order valence-electron chi connectivity index (χ0n) is 9.40. The van der Waals surface area contributed by atoms with Gasteiger partial charge in [0.05, 0.1) is 22.2 Å². The maximum atomic E-state index is 13.6. The molecule has 0 aliphatic heterocycles. The molecule has 0 aliphatic rings. The van der Waals surface area contributed by atoms with Gasteiger partial charge in [-0.1, -0.05) is 12.1 Å². The van der Waals surface area contributed by atoms with Crippen LogP contribution in [0.1, 0.15) is 5.56 Å². The molecule has 0 fully saturated rings. The van der Waals surface area contributed by atoms with Gasteiger partial charge in [0.25, 0.3) is 0 Å².